The average molecular weight is 257 g/mol. The molecule has 1 aromatic heterocycles. The maximum atomic E-state index is 3.22. The molecule has 1 heterocycles. The molecule has 0 saturated carbocycles. The normalized spacial score (nSPS) is 10.7. The zero-order valence-electron chi connectivity index (χ0n) is 6.19. The second-order valence-electron chi connectivity index (χ2n) is 2.69. The predicted octanol–water partition coefficient (Wildman–Crippen LogP) is 3.08. The highest BCUT2D eigenvalue weighted by atomic mass is 127. The van der Waals surface area contributed by atoms with Crippen molar-refractivity contribution < 1.29 is 0 Å². The number of halogens is 1. The van der Waals surface area contributed by atoms with Gasteiger partial charge in [-0.2, -0.15) is 0 Å². The van der Waals surface area contributed by atoms with Crippen molar-refractivity contribution >= 4 is 33.5 Å². The van der Waals surface area contributed by atoms with Gasteiger partial charge in [-0.15, -0.1) is 0 Å². The van der Waals surface area contributed by atoms with Crippen LogP contribution in [0.3, 0.4) is 0 Å². The third kappa shape index (κ3) is 1.15. The Balaban J connectivity index is 2.86. The van der Waals surface area contributed by atoms with E-state index in [-0.39, 0.29) is 0 Å². The zero-order chi connectivity index (χ0) is 7.84. The summed E-state index contributed by atoms with van der Waals surface area (Å²) in [5, 5.41) is 1.32. The molecule has 0 aliphatic carbocycles. The molecule has 2 rings (SSSR count). The highest BCUT2D eigenvalue weighted by Crippen LogP contribution is 2.20. The monoisotopic (exact) mass is 257 g/mol. The van der Waals surface area contributed by atoms with Crippen LogP contribution in [0.4, 0.5) is 0 Å². The van der Waals surface area contributed by atoms with Crippen molar-refractivity contribution in [1.29, 1.82) is 0 Å². The van der Waals surface area contributed by atoms with Crippen molar-refractivity contribution in [1.82, 2.24) is 4.98 Å². The highest BCUT2D eigenvalue weighted by molar-refractivity contribution is 14.1. The van der Waals surface area contributed by atoms with Crippen LogP contribution >= 0.6 is 22.6 Å². The minimum Gasteiger partial charge on any atom is -0.360 e. The lowest BCUT2D eigenvalue weighted by Crippen LogP contribution is -1.71. The number of hydrogen-bond donors (Lipinski definition) is 1. The molecule has 0 aliphatic rings. The molecule has 0 aliphatic heterocycles. The number of aromatic nitrogens is 1. The molecule has 2 heteroatoms. The van der Waals surface area contributed by atoms with Crippen LogP contribution < -0.4 is 0 Å². The Morgan fingerprint density at radius 2 is 2.18 bits per heavy atom. The highest BCUT2D eigenvalue weighted by Gasteiger charge is 1.98. The number of aromatic amines is 1. The smallest absolute Gasteiger partial charge is 0.0467 e. The first-order chi connectivity index (χ1) is 5.27. The molecule has 0 spiro atoms. The van der Waals surface area contributed by atoms with Crippen LogP contribution in [0.15, 0.2) is 24.4 Å². The molecular weight excluding hydrogens is 249 g/mol. The van der Waals surface area contributed by atoms with Gasteiger partial charge >= 0.3 is 0 Å². The van der Waals surface area contributed by atoms with E-state index in [0.29, 0.717) is 0 Å². The van der Waals surface area contributed by atoms with Crippen molar-refractivity contribution in [2.75, 3.05) is 0 Å². The van der Waals surface area contributed by atoms with E-state index in [4.69, 9.17) is 0 Å². The van der Waals surface area contributed by atoms with Crippen LogP contribution in [0.1, 0.15) is 5.56 Å². The van der Waals surface area contributed by atoms with Crippen molar-refractivity contribution in [3.05, 3.63) is 33.5 Å². The first-order valence-corrected chi connectivity index (χ1v) is 4.58. The van der Waals surface area contributed by atoms with E-state index in [0.717, 1.165) is 0 Å². The second kappa shape index (κ2) is 2.52. The van der Waals surface area contributed by atoms with Gasteiger partial charge in [0.1, 0.15) is 0 Å². The molecule has 1 N–H and O–H groups in total. The molecule has 0 amide bonds. The second-order valence-corrected chi connectivity index (χ2v) is 3.85. The number of H-pyrrole nitrogens is 1. The molecule has 0 bridgehead atoms. The quantitative estimate of drug-likeness (QED) is 0.698. The maximum absolute atomic E-state index is 3.22. The Labute approximate surface area is 78.9 Å². The molecule has 11 heavy (non-hydrogen) atoms. The maximum Gasteiger partial charge on any atom is 0.0467 e. The molecule has 1 aromatic carbocycles. The molecule has 0 fully saturated rings. The average Bonchev–Trinajstić information content (AvgIpc) is 2.32. The first kappa shape index (κ1) is 7.16. The van der Waals surface area contributed by atoms with E-state index >= 15 is 0 Å². The van der Waals surface area contributed by atoms with Crippen molar-refractivity contribution in [3.8, 4) is 0 Å². The van der Waals surface area contributed by atoms with Gasteiger partial charge < -0.3 is 4.98 Å². The predicted molar refractivity (Wildman–Crippen MR) is 55.8 cm³/mol. The number of rotatable bonds is 0. The molecule has 0 saturated heterocycles. The Bertz CT molecular complexity index is 389. The van der Waals surface area contributed by atoms with Crippen LogP contribution in [-0.2, 0) is 0 Å². The fourth-order valence-electron chi connectivity index (χ4n) is 1.20. The van der Waals surface area contributed by atoms with Crippen LogP contribution in [0.2, 0.25) is 0 Å². The van der Waals surface area contributed by atoms with Crippen molar-refractivity contribution in [2.45, 2.75) is 6.92 Å². The van der Waals surface area contributed by atoms with Crippen LogP contribution in [0.25, 0.3) is 10.9 Å². The molecule has 2 aromatic rings. The van der Waals surface area contributed by atoms with E-state index in [1.165, 1.54) is 20.0 Å². The molecular formula is C9H8IN. The van der Waals surface area contributed by atoms with E-state index in [2.05, 4.69) is 52.7 Å². The summed E-state index contributed by atoms with van der Waals surface area (Å²) in [6, 6.07) is 6.46. The molecule has 0 atom stereocenters. The number of aryl methyl sites for hydroxylation is 1. The van der Waals surface area contributed by atoms with E-state index in [9.17, 15) is 0 Å². The van der Waals surface area contributed by atoms with Crippen LogP contribution in [0, 0.1) is 10.5 Å². The minimum absolute atomic E-state index is 1.23. The Morgan fingerprint density at radius 1 is 1.36 bits per heavy atom. The summed E-state index contributed by atoms with van der Waals surface area (Å²) in [4.78, 5) is 3.22. The largest absolute Gasteiger partial charge is 0.360 e. The molecule has 56 valence electrons. The fourth-order valence-corrected chi connectivity index (χ4v) is 1.83. The Morgan fingerprint density at radius 3 is 3.00 bits per heavy atom. The Hall–Kier alpha value is -0.510. The van der Waals surface area contributed by atoms with E-state index in [1.807, 2.05) is 6.20 Å². The SMILES string of the molecule is Cc1ccc2c(I)c[nH]c2c1. The lowest BCUT2D eigenvalue weighted by molar-refractivity contribution is 1.44. The van der Waals surface area contributed by atoms with Gasteiger partial charge in [0.25, 0.3) is 0 Å². The molecule has 0 radical (unpaired) electrons. The number of benzene rings is 1. The van der Waals surface area contributed by atoms with Crippen molar-refractivity contribution in [2.24, 2.45) is 0 Å². The van der Waals surface area contributed by atoms with Crippen LogP contribution in [-0.4, -0.2) is 4.98 Å². The van der Waals surface area contributed by atoms with E-state index < -0.39 is 0 Å². The molecule has 1 nitrogen and oxygen atoms in total. The topological polar surface area (TPSA) is 15.8 Å². The van der Waals surface area contributed by atoms with Gasteiger partial charge in [-0.25, -0.2) is 0 Å². The Kier molecular flexibility index (Phi) is 1.64. The van der Waals surface area contributed by atoms with Crippen molar-refractivity contribution in [3.63, 3.8) is 0 Å². The van der Waals surface area contributed by atoms with Gasteiger partial charge in [0.2, 0.25) is 0 Å². The van der Waals surface area contributed by atoms with Gasteiger partial charge in [-0.05, 0) is 41.1 Å². The van der Waals surface area contributed by atoms with Gasteiger partial charge in [0.15, 0.2) is 0 Å². The first-order valence-electron chi connectivity index (χ1n) is 3.50. The lowest BCUT2D eigenvalue weighted by atomic mass is 10.2. The van der Waals surface area contributed by atoms with Crippen LogP contribution in [0.5, 0.6) is 0 Å². The number of nitrogens with one attached hydrogen (secondary N) is 1. The zero-order valence-corrected chi connectivity index (χ0v) is 8.34. The third-order valence-electron chi connectivity index (χ3n) is 1.79. The summed E-state index contributed by atoms with van der Waals surface area (Å²) in [5.41, 5.74) is 2.53. The summed E-state index contributed by atoms with van der Waals surface area (Å²) in [6.45, 7) is 2.10. The van der Waals surface area contributed by atoms with Gasteiger partial charge in [0.05, 0.1) is 0 Å². The number of hydrogen-bond acceptors (Lipinski definition) is 0. The van der Waals surface area contributed by atoms with Gasteiger partial charge in [0, 0.05) is 20.7 Å². The third-order valence-corrected chi connectivity index (χ3v) is 2.68. The van der Waals surface area contributed by atoms with Gasteiger partial charge in [-0.3, -0.25) is 0 Å². The lowest BCUT2D eigenvalue weighted by Gasteiger charge is -1.91. The summed E-state index contributed by atoms with van der Waals surface area (Å²) >= 11 is 2.33. The minimum atomic E-state index is 1.23. The van der Waals surface area contributed by atoms with Gasteiger partial charge in [-0.1, -0.05) is 12.1 Å². The summed E-state index contributed by atoms with van der Waals surface area (Å²) in [6.07, 6.45) is 2.03. The number of fused-ring (bicyclic) bond motifs is 1. The molecule has 0 unspecified atom stereocenters. The fraction of sp³-hybridized carbons (Fsp3) is 0.111. The van der Waals surface area contributed by atoms with E-state index in [1.54, 1.807) is 0 Å². The summed E-state index contributed by atoms with van der Waals surface area (Å²) < 4.78 is 1.29. The summed E-state index contributed by atoms with van der Waals surface area (Å²) in [5.74, 6) is 0. The summed E-state index contributed by atoms with van der Waals surface area (Å²) in [7, 11) is 0. The standard InChI is InChI=1S/C9H8IN/c1-6-2-3-7-8(10)5-11-9(7)4-6/h2-5,11H,1H3.